The third-order valence-corrected chi connectivity index (χ3v) is 1.78. The molecule has 8 heteroatoms. The number of ether oxygens (including phenoxy) is 1. The van der Waals surface area contributed by atoms with E-state index in [1.807, 2.05) is 0 Å². The molecule has 3 amide bonds. The molecule has 0 aromatic rings. The standard InChI is InChI=1S/C10H17N3O5/c1-2-4-18-5-3-12-10(17)13-7(9(15)16)6-8(11)14/h2,7H,1,3-6H2,(H2,11,14)(H,15,16)(H2,12,13,17)/t7-/m0/s1. The van der Waals surface area contributed by atoms with Crippen molar-refractivity contribution in [3.8, 4) is 0 Å². The quantitative estimate of drug-likeness (QED) is 0.305. The summed E-state index contributed by atoms with van der Waals surface area (Å²) < 4.78 is 5.00. The summed E-state index contributed by atoms with van der Waals surface area (Å²) >= 11 is 0. The molecule has 8 nitrogen and oxygen atoms in total. The summed E-state index contributed by atoms with van der Waals surface area (Å²) in [6.45, 7) is 4.29. The normalized spacial score (nSPS) is 11.3. The van der Waals surface area contributed by atoms with Gasteiger partial charge < -0.3 is 26.2 Å². The third kappa shape index (κ3) is 8.11. The van der Waals surface area contributed by atoms with Crippen LogP contribution in [0.3, 0.4) is 0 Å². The lowest BCUT2D eigenvalue weighted by Gasteiger charge is -2.13. The minimum atomic E-state index is -1.34. The molecule has 1 atom stereocenters. The largest absolute Gasteiger partial charge is 0.480 e. The van der Waals surface area contributed by atoms with E-state index in [2.05, 4.69) is 17.2 Å². The van der Waals surface area contributed by atoms with Gasteiger partial charge in [-0.15, -0.1) is 6.58 Å². The summed E-state index contributed by atoms with van der Waals surface area (Å²) in [6, 6.07) is -2.04. The molecule has 5 N–H and O–H groups in total. The molecule has 0 heterocycles. The minimum Gasteiger partial charge on any atom is -0.480 e. The van der Waals surface area contributed by atoms with Crippen molar-refractivity contribution in [3.05, 3.63) is 12.7 Å². The van der Waals surface area contributed by atoms with Crippen LogP contribution < -0.4 is 16.4 Å². The third-order valence-electron chi connectivity index (χ3n) is 1.78. The highest BCUT2D eigenvalue weighted by molar-refractivity contribution is 5.87. The van der Waals surface area contributed by atoms with Crippen molar-refractivity contribution in [2.45, 2.75) is 12.5 Å². The molecule has 0 aliphatic rings. The second-order valence-corrected chi connectivity index (χ2v) is 3.33. The van der Waals surface area contributed by atoms with Crippen molar-refractivity contribution in [2.24, 2.45) is 5.73 Å². The first kappa shape index (κ1) is 15.9. The van der Waals surface area contributed by atoms with E-state index in [1.165, 1.54) is 0 Å². The maximum absolute atomic E-state index is 11.3. The average molecular weight is 259 g/mol. The maximum Gasteiger partial charge on any atom is 0.326 e. The predicted molar refractivity (Wildman–Crippen MR) is 62.8 cm³/mol. The Bertz CT molecular complexity index is 319. The van der Waals surface area contributed by atoms with Crippen molar-refractivity contribution < 1.29 is 24.2 Å². The van der Waals surface area contributed by atoms with E-state index in [4.69, 9.17) is 15.6 Å². The number of urea groups is 1. The second kappa shape index (κ2) is 8.99. The highest BCUT2D eigenvalue weighted by atomic mass is 16.5. The van der Waals surface area contributed by atoms with Crippen LogP contribution in [0.15, 0.2) is 12.7 Å². The second-order valence-electron chi connectivity index (χ2n) is 3.33. The molecule has 0 aromatic heterocycles. The van der Waals surface area contributed by atoms with Gasteiger partial charge in [0, 0.05) is 6.54 Å². The Morgan fingerprint density at radius 3 is 2.61 bits per heavy atom. The van der Waals surface area contributed by atoms with E-state index in [-0.39, 0.29) is 13.2 Å². The van der Waals surface area contributed by atoms with Crippen LogP contribution in [0.4, 0.5) is 4.79 Å². The first-order valence-electron chi connectivity index (χ1n) is 5.21. The molecule has 0 aliphatic carbocycles. The summed E-state index contributed by atoms with van der Waals surface area (Å²) in [7, 11) is 0. The molecule has 18 heavy (non-hydrogen) atoms. The van der Waals surface area contributed by atoms with E-state index in [0.29, 0.717) is 6.61 Å². The molecule has 0 aliphatic heterocycles. The molecule has 0 radical (unpaired) electrons. The maximum atomic E-state index is 11.3. The Morgan fingerprint density at radius 1 is 1.44 bits per heavy atom. The molecule has 0 spiro atoms. The van der Waals surface area contributed by atoms with Gasteiger partial charge in [-0.1, -0.05) is 6.08 Å². The highest BCUT2D eigenvalue weighted by Crippen LogP contribution is 1.91. The van der Waals surface area contributed by atoms with Gasteiger partial charge in [-0.2, -0.15) is 0 Å². The number of nitrogens with one attached hydrogen (secondary N) is 2. The van der Waals surface area contributed by atoms with Gasteiger partial charge in [-0.25, -0.2) is 9.59 Å². The van der Waals surface area contributed by atoms with Crippen molar-refractivity contribution in [1.82, 2.24) is 10.6 Å². The molecule has 0 saturated heterocycles. The van der Waals surface area contributed by atoms with Crippen LogP contribution in [0.5, 0.6) is 0 Å². The van der Waals surface area contributed by atoms with E-state index in [0.717, 1.165) is 0 Å². The van der Waals surface area contributed by atoms with E-state index < -0.39 is 30.4 Å². The summed E-state index contributed by atoms with van der Waals surface area (Å²) in [5.74, 6) is -2.14. The zero-order valence-electron chi connectivity index (χ0n) is 9.85. The Labute approximate surface area is 104 Å². The smallest absolute Gasteiger partial charge is 0.326 e. The van der Waals surface area contributed by atoms with Gasteiger partial charge in [0.2, 0.25) is 5.91 Å². The number of amides is 3. The zero-order valence-corrected chi connectivity index (χ0v) is 9.85. The van der Waals surface area contributed by atoms with Crippen molar-refractivity contribution >= 4 is 17.9 Å². The Hall–Kier alpha value is -2.09. The van der Waals surface area contributed by atoms with Crippen LogP contribution in [0.2, 0.25) is 0 Å². The monoisotopic (exact) mass is 259 g/mol. The highest BCUT2D eigenvalue weighted by Gasteiger charge is 2.21. The van der Waals surface area contributed by atoms with Crippen LogP contribution in [-0.4, -0.2) is 48.8 Å². The summed E-state index contributed by atoms with van der Waals surface area (Å²) in [5.41, 5.74) is 4.86. The lowest BCUT2D eigenvalue weighted by Crippen LogP contribution is -2.48. The number of hydrogen-bond donors (Lipinski definition) is 4. The number of hydrogen-bond acceptors (Lipinski definition) is 4. The Morgan fingerprint density at radius 2 is 2.11 bits per heavy atom. The van der Waals surface area contributed by atoms with Crippen LogP contribution in [0, 0.1) is 0 Å². The summed E-state index contributed by atoms with van der Waals surface area (Å²) in [5, 5.41) is 13.2. The first-order valence-corrected chi connectivity index (χ1v) is 5.21. The number of rotatable bonds is 9. The van der Waals surface area contributed by atoms with Crippen molar-refractivity contribution in [3.63, 3.8) is 0 Å². The number of nitrogens with two attached hydrogens (primary N) is 1. The molecular weight excluding hydrogens is 242 g/mol. The van der Waals surface area contributed by atoms with Crippen LogP contribution in [0.1, 0.15) is 6.42 Å². The van der Waals surface area contributed by atoms with Crippen LogP contribution in [-0.2, 0) is 14.3 Å². The number of carbonyl (C=O) groups excluding carboxylic acids is 2. The molecule has 0 saturated carbocycles. The summed E-state index contributed by atoms with van der Waals surface area (Å²) in [4.78, 5) is 32.5. The van der Waals surface area contributed by atoms with Gasteiger partial charge in [-0.05, 0) is 0 Å². The number of carboxylic acids is 1. The fourth-order valence-corrected chi connectivity index (χ4v) is 1.01. The van der Waals surface area contributed by atoms with Gasteiger partial charge in [0.25, 0.3) is 0 Å². The number of carboxylic acid groups (broad SMARTS) is 1. The number of aliphatic carboxylic acids is 1. The zero-order chi connectivity index (χ0) is 14.0. The van der Waals surface area contributed by atoms with Crippen molar-refractivity contribution in [2.75, 3.05) is 19.8 Å². The minimum absolute atomic E-state index is 0.211. The lowest BCUT2D eigenvalue weighted by atomic mass is 10.2. The first-order chi connectivity index (χ1) is 8.47. The number of primary amides is 1. The van der Waals surface area contributed by atoms with E-state index in [9.17, 15) is 14.4 Å². The van der Waals surface area contributed by atoms with E-state index >= 15 is 0 Å². The van der Waals surface area contributed by atoms with Gasteiger partial charge in [0.15, 0.2) is 0 Å². The Balaban J connectivity index is 3.91. The molecule has 0 bridgehead atoms. The van der Waals surface area contributed by atoms with Crippen molar-refractivity contribution in [1.29, 1.82) is 0 Å². The van der Waals surface area contributed by atoms with Crippen LogP contribution in [0.25, 0.3) is 0 Å². The molecule has 0 unspecified atom stereocenters. The van der Waals surface area contributed by atoms with Gasteiger partial charge in [0.05, 0.1) is 19.6 Å². The fraction of sp³-hybridized carbons (Fsp3) is 0.500. The molecule has 0 aromatic carbocycles. The average Bonchev–Trinajstić information content (AvgIpc) is 2.27. The Kier molecular flexibility index (Phi) is 7.95. The van der Waals surface area contributed by atoms with E-state index in [1.54, 1.807) is 6.08 Å². The predicted octanol–water partition coefficient (Wildman–Crippen LogP) is -1.18. The fourth-order valence-electron chi connectivity index (χ4n) is 1.01. The SMILES string of the molecule is C=CCOCCNC(=O)N[C@@H](CC(N)=O)C(=O)O. The molecule has 0 fully saturated rings. The topological polar surface area (TPSA) is 131 Å². The molecule has 102 valence electrons. The number of carbonyl (C=O) groups is 3. The van der Waals surface area contributed by atoms with Crippen LogP contribution >= 0.6 is 0 Å². The van der Waals surface area contributed by atoms with Gasteiger partial charge >= 0.3 is 12.0 Å². The summed E-state index contributed by atoms with van der Waals surface area (Å²) in [6.07, 6.45) is 1.10. The van der Waals surface area contributed by atoms with Gasteiger partial charge in [0.1, 0.15) is 6.04 Å². The molecular formula is C10H17N3O5. The molecule has 0 rings (SSSR count). The van der Waals surface area contributed by atoms with Gasteiger partial charge in [-0.3, -0.25) is 4.79 Å². The lowest BCUT2D eigenvalue weighted by molar-refractivity contribution is -0.140.